The molecule has 0 bridgehead atoms. The third-order valence-corrected chi connectivity index (χ3v) is 5.70. The molecule has 4 rings (SSSR count). The molecule has 1 N–H and O–H groups in total. The van der Waals surface area contributed by atoms with Gasteiger partial charge in [-0.05, 0) is 37.7 Å². The Balaban J connectivity index is 1.67. The standard InChI is InChI=1S/C16H20N6S/c1-3-22-9-20-21-13(22)7-17-15-14-11-5-4-10(2)6-12(11)23-16(14)19-8-18-15/h8-10H,3-7H2,1-2H3,(H,17,18,19). The first-order valence-electron chi connectivity index (χ1n) is 8.12. The predicted octanol–water partition coefficient (Wildman–Crippen LogP) is 3.04. The van der Waals surface area contributed by atoms with Gasteiger partial charge < -0.3 is 9.88 Å². The highest BCUT2D eigenvalue weighted by molar-refractivity contribution is 7.19. The van der Waals surface area contributed by atoms with Crippen LogP contribution in [0, 0.1) is 5.92 Å². The molecule has 0 aromatic carbocycles. The fourth-order valence-corrected chi connectivity index (χ4v) is 4.60. The summed E-state index contributed by atoms with van der Waals surface area (Å²) in [6, 6.07) is 0. The molecule has 6 nitrogen and oxygen atoms in total. The first-order chi connectivity index (χ1) is 11.3. The zero-order valence-corrected chi connectivity index (χ0v) is 14.2. The van der Waals surface area contributed by atoms with E-state index < -0.39 is 0 Å². The minimum absolute atomic E-state index is 0.626. The molecule has 3 aromatic rings. The molecule has 1 aliphatic carbocycles. The van der Waals surface area contributed by atoms with Gasteiger partial charge in [-0.15, -0.1) is 21.5 Å². The summed E-state index contributed by atoms with van der Waals surface area (Å²) >= 11 is 1.82. The van der Waals surface area contributed by atoms with Crippen molar-refractivity contribution in [1.29, 1.82) is 0 Å². The van der Waals surface area contributed by atoms with Crippen molar-refractivity contribution >= 4 is 27.4 Å². The van der Waals surface area contributed by atoms with Crippen molar-refractivity contribution in [3.8, 4) is 0 Å². The van der Waals surface area contributed by atoms with Crippen molar-refractivity contribution in [2.75, 3.05) is 5.32 Å². The first kappa shape index (κ1) is 14.6. The van der Waals surface area contributed by atoms with Crippen LogP contribution in [0.15, 0.2) is 12.7 Å². The lowest BCUT2D eigenvalue weighted by molar-refractivity contribution is 0.509. The van der Waals surface area contributed by atoms with E-state index in [-0.39, 0.29) is 0 Å². The maximum absolute atomic E-state index is 4.49. The number of aryl methyl sites for hydroxylation is 2. The van der Waals surface area contributed by atoms with Crippen LogP contribution in [0.1, 0.15) is 36.5 Å². The van der Waals surface area contributed by atoms with E-state index in [1.54, 1.807) is 12.7 Å². The van der Waals surface area contributed by atoms with Gasteiger partial charge in [0, 0.05) is 11.4 Å². The summed E-state index contributed by atoms with van der Waals surface area (Å²) < 4.78 is 2.04. The van der Waals surface area contributed by atoms with E-state index in [9.17, 15) is 0 Å². The summed E-state index contributed by atoms with van der Waals surface area (Å²) in [5, 5.41) is 12.8. The van der Waals surface area contributed by atoms with Crippen LogP contribution in [0.5, 0.6) is 0 Å². The molecule has 0 saturated carbocycles. The molecule has 1 atom stereocenters. The lowest BCUT2D eigenvalue weighted by atomic mass is 9.89. The molecule has 23 heavy (non-hydrogen) atoms. The van der Waals surface area contributed by atoms with E-state index in [0.29, 0.717) is 6.54 Å². The van der Waals surface area contributed by atoms with Crippen molar-refractivity contribution in [3.63, 3.8) is 0 Å². The van der Waals surface area contributed by atoms with Crippen molar-refractivity contribution in [3.05, 3.63) is 28.9 Å². The fraction of sp³-hybridized carbons (Fsp3) is 0.500. The molecule has 0 aliphatic heterocycles. The Morgan fingerprint density at radius 3 is 3.17 bits per heavy atom. The van der Waals surface area contributed by atoms with Crippen molar-refractivity contribution in [2.45, 2.75) is 46.2 Å². The fourth-order valence-electron chi connectivity index (χ4n) is 3.25. The quantitative estimate of drug-likeness (QED) is 0.797. The van der Waals surface area contributed by atoms with Gasteiger partial charge in [-0.3, -0.25) is 0 Å². The molecule has 0 fully saturated rings. The van der Waals surface area contributed by atoms with Crippen molar-refractivity contribution in [2.24, 2.45) is 5.92 Å². The Hall–Kier alpha value is -2.02. The van der Waals surface area contributed by atoms with Crippen LogP contribution in [0.2, 0.25) is 0 Å². The largest absolute Gasteiger partial charge is 0.362 e. The highest BCUT2D eigenvalue weighted by atomic mass is 32.1. The summed E-state index contributed by atoms with van der Waals surface area (Å²) in [6.45, 7) is 5.91. The van der Waals surface area contributed by atoms with Gasteiger partial charge >= 0.3 is 0 Å². The smallest absolute Gasteiger partial charge is 0.152 e. The first-order valence-corrected chi connectivity index (χ1v) is 8.93. The van der Waals surface area contributed by atoms with Crippen LogP contribution in [0.25, 0.3) is 10.2 Å². The molecule has 0 amide bonds. The lowest BCUT2D eigenvalue weighted by Crippen LogP contribution is -2.11. The Bertz CT molecular complexity index is 836. The monoisotopic (exact) mass is 328 g/mol. The molecular formula is C16H20N6S. The number of rotatable bonds is 4. The van der Waals surface area contributed by atoms with E-state index in [1.807, 2.05) is 15.9 Å². The van der Waals surface area contributed by atoms with Gasteiger partial charge in [-0.25, -0.2) is 9.97 Å². The van der Waals surface area contributed by atoms with E-state index in [0.717, 1.165) is 35.4 Å². The van der Waals surface area contributed by atoms with Crippen LogP contribution in [-0.2, 0) is 25.9 Å². The van der Waals surface area contributed by atoms with Crippen molar-refractivity contribution < 1.29 is 0 Å². The Kier molecular flexibility index (Phi) is 3.72. The molecule has 3 heterocycles. The molecule has 1 aliphatic rings. The predicted molar refractivity (Wildman–Crippen MR) is 91.6 cm³/mol. The molecule has 120 valence electrons. The van der Waals surface area contributed by atoms with Gasteiger partial charge in [-0.2, -0.15) is 0 Å². The van der Waals surface area contributed by atoms with E-state index >= 15 is 0 Å². The van der Waals surface area contributed by atoms with Gasteiger partial charge in [0.2, 0.25) is 0 Å². The molecule has 3 aromatic heterocycles. The van der Waals surface area contributed by atoms with Crippen LogP contribution < -0.4 is 5.32 Å². The lowest BCUT2D eigenvalue weighted by Gasteiger charge is -2.18. The number of aromatic nitrogens is 5. The minimum atomic E-state index is 0.626. The topological polar surface area (TPSA) is 68.5 Å². The molecular weight excluding hydrogens is 308 g/mol. The number of anilines is 1. The molecule has 7 heteroatoms. The van der Waals surface area contributed by atoms with Gasteiger partial charge in [0.05, 0.1) is 11.9 Å². The number of nitrogens with one attached hydrogen (secondary N) is 1. The van der Waals surface area contributed by atoms with Gasteiger partial charge in [0.1, 0.15) is 23.3 Å². The Labute approximate surface area is 139 Å². The Morgan fingerprint density at radius 2 is 2.30 bits per heavy atom. The second kappa shape index (κ2) is 5.88. The van der Waals surface area contributed by atoms with Gasteiger partial charge in [0.15, 0.2) is 5.82 Å². The number of nitrogens with zero attached hydrogens (tertiary/aromatic N) is 5. The van der Waals surface area contributed by atoms with Crippen LogP contribution in [0.4, 0.5) is 5.82 Å². The zero-order valence-electron chi connectivity index (χ0n) is 13.4. The van der Waals surface area contributed by atoms with Crippen LogP contribution in [0.3, 0.4) is 0 Å². The average molecular weight is 328 g/mol. The van der Waals surface area contributed by atoms with Crippen molar-refractivity contribution in [1.82, 2.24) is 24.7 Å². The minimum Gasteiger partial charge on any atom is -0.362 e. The third-order valence-electron chi connectivity index (χ3n) is 4.54. The summed E-state index contributed by atoms with van der Waals surface area (Å²) in [7, 11) is 0. The van der Waals surface area contributed by atoms with Gasteiger partial charge in [0.25, 0.3) is 0 Å². The third kappa shape index (κ3) is 2.59. The SMILES string of the molecule is CCn1cnnc1CNc1ncnc2sc3c(c12)CCC(C)C3. The highest BCUT2D eigenvalue weighted by Gasteiger charge is 2.23. The van der Waals surface area contributed by atoms with Crippen LogP contribution in [-0.4, -0.2) is 24.7 Å². The van der Waals surface area contributed by atoms with Crippen LogP contribution >= 0.6 is 11.3 Å². The normalized spacial score (nSPS) is 17.4. The summed E-state index contributed by atoms with van der Waals surface area (Å²) in [4.78, 5) is 11.6. The Morgan fingerprint density at radius 1 is 1.39 bits per heavy atom. The molecule has 0 saturated heterocycles. The molecule has 1 unspecified atom stereocenters. The number of thiophene rings is 1. The second-order valence-electron chi connectivity index (χ2n) is 6.14. The number of hydrogen-bond donors (Lipinski definition) is 1. The maximum Gasteiger partial charge on any atom is 0.152 e. The average Bonchev–Trinajstić information content (AvgIpc) is 3.15. The second-order valence-corrected chi connectivity index (χ2v) is 7.22. The van der Waals surface area contributed by atoms with E-state index in [2.05, 4.69) is 39.3 Å². The molecule has 0 spiro atoms. The number of fused-ring (bicyclic) bond motifs is 3. The maximum atomic E-state index is 4.49. The summed E-state index contributed by atoms with van der Waals surface area (Å²) in [5.74, 6) is 2.62. The van der Waals surface area contributed by atoms with Gasteiger partial charge in [-0.1, -0.05) is 6.92 Å². The van der Waals surface area contributed by atoms with E-state index in [1.165, 1.54) is 28.7 Å². The number of hydrogen-bond acceptors (Lipinski definition) is 6. The summed E-state index contributed by atoms with van der Waals surface area (Å²) in [5.41, 5.74) is 1.45. The van der Waals surface area contributed by atoms with E-state index in [4.69, 9.17) is 0 Å². The summed E-state index contributed by atoms with van der Waals surface area (Å²) in [6.07, 6.45) is 6.96. The zero-order chi connectivity index (χ0) is 15.8. The highest BCUT2D eigenvalue weighted by Crippen LogP contribution is 2.39. The molecule has 0 radical (unpaired) electrons.